The quantitative estimate of drug-likeness (QED) is 0.798. The van der Waals surface area contributed by atoms with Gasteiger partial charge in [0.15, 0.2) is 0 Å². The summed E-state index contributed by atoms with van der Waals surface area (Å²) in [5.41, 5.74) is 0.477. The third kappa shape index (κ3) is 1.69. The first-order valence-corrected chi connectivity index (χ1v) is 5.54. The number of rotatable bonds is 2. The van der Waals surface area contributed by atoms with Crippen molar-refractivity contribution in [3.8, 4) is 0 Å². The molecule has 1 aromatic rings. The first-order chi connectivity index (χ1) is 7.67. The molecule has 1 unspecified atom stereocenters. The monoisotopic (exact) mass is 219 g/mol. The Hall–Kier alpha value is -1.42. The number of carbonyl (C=O) groups is 1. The lowest BCUT2D eigenvalue weighted by Gasteiger charge is -2.31. The molecule has 0 radical (unpaired) electrons. The van der Waals surface area contributed by atoms with Gasteiger partial charge in [-0.3, -0.25) is 15.1 Å². The van der Waals surface area contributed by atoms with Gasteiger partial charge in [-0.25, -0.2) is 0 Å². The normalized spacial score (nSPS) is 24.4. The van der Waals surface area contributed by atoms with Crippen molar-refractivity contribution in [2.24, 2.45) is 0 Å². The zero-order chi connectivity index (χ0) is 11.6. The highest BCUT2D eigenvalue weighted by Crippen LogP contribution is 2.31. The highest BCUT2D eigenvalue weighted by atomic mass is 16.2. The van der Waals surface area contributed by atoms with Gasteiger partial charge < -0.3 is 4.90 Å². The summed E-state index contributed by atoms with van der Waals surface area (Å²) in [7, 11) is 3.59. The summed E-state index contributed by atoms with van der Waals surface area (Å²) in [5, 5.41) is 3.35. The van der Waals surface area contributed by atoms with Crippen LogP contribution in [-0.4, -0.2) is 36.4 Å². The predicted molar refractivity (Wildman–Crippen MR) is 61.8 cm³/mol. The average molecular weight is 219 g/mol. The van der Waals surface area contributed by atoms with Gasteiger partial charge in [0.25, 0.3) is 0 Å². The van der Waals surface area contributed by atoms with Crippen LogP contribution in [0.15, 0.2) is 24.5 Å². The molecule has 1 amide bonds. The second kappa shape index (κ2) is 4.22. The van der Waals surface area contributed by atoms with Gasteiger partial charge in [0.05, 0.1) is 0 Å². The third-order valence-corrected chi connectivity index (χ3v) is 3.10. The summed E-state index contributed by atoms with van der Waals surface area (Å²) in [4.78, 5) is 18.0. The van der Waals surface area contributed by atoms with Crippen LogP contribution in [-0.2, 0) is 10.3 Å². The van der Waals surface area contributed by atoms with Gasteiger partial charge in [-0.15, -0.1) is 0 Å². The van der Waals surface area contributed by atoms with Crippen molar-refractivity contribution < 1.29 is 4.79 Å². The first-order valence-electron chi connectivity index (χ1n) is 5.54. The summed E-state index contributed by atoms with van der Waals surface area (Å²) < 4.78 is 0. The minimum absolute atomic E-state index is 0.121. The van der Waals surface area contributed by atoms with Crippen LogP contribution >= 0.6 is 0 Å². The molecule has 1 saturated heterocycles. The number of amides is 1. The Bertz CT molecular complexity index is 369. The first kappa shape index (κ1) is 11.1. The molecule has 86 valence electrons. The molecule has 1 aliphatic heterocycles. The Balaban J connectivity index is 2.40. The molecule has 0 saturated carbocycles. The molecule has 16 heavy (non-hydrogen) atoms. The number of likely N-dealkylation sites (N-methyl/N-ethyl adjacent to an activating group) is 1. The highest BCUT2D eigenvalue weighted by molar-refractivity contribution is 5.87. The van der Waals surface area contributed by atoms with Crippen LogP contribution in [0.1, 0.15) is 18.4 Å². The van der Waals surface area contributed by atoms with Crippen LogP contribution in [0.4, 0.5) is 0 Å². The molecule has 1 fully saturated rings. The zero-order valence-electron chi connectivity index (χ0n) is 9.73. The molecule has 4 heteroatoms. The summed E-state index contributed by atoms with van der Waals surface area (Å²) in [6, 6.07) is 3.83. The van der Waals surface area contributed by atoms with Crippen molar-refractivity contribution in [2.75, 3.05) is 20.6 Å². The fourth-order valence-corrected chi connectivity index (χ4v) is 2.31. The largest absolute Gasteiger partial charge is 0.347 e. The van der Waals surface area contributed by atoms with E-state index in [0.717, 1.165) is 24.9 Å². The van der Waals surface area contributed by atoms with Crippen LogP contribution in [0.25, 0.3) is 0 Å². The predicted octanol–water partition coefficient (Wildman–Crippen LogP) is 0.748. The molecule has 2 heterocycles. The van der Waals surface area contributed by atoms with Gasteiger partial charge in [0.1, 0.15) is 5.54 Å². The molecule has 1 aromatic heterocycles. The van der Waals surface area contributed by atoms with Crippen LogP contribution < -0.4 is 5.32 Å². The Morgan fingerprint density at radius 1 is 1.44 bits per heavy atom. The van der Waals surface area contributed by atoms with Crippen LogP contribution in [0.2, 0.25) is 0 Å². The molecule has 0 aromatic carbocycles. The number of carbonyl (C=O) groups excluding carboxylic acids is 1. The van der Waals surface area contributed by atoms with Gasteiger partial charge in [-0.05, 0) is 37.1 Å². The molecule has 1 atom stereocenters. The van der Waals surface area contributed by atoms with Gasteiger partial charge in [0.2, 0.25) is 5.91 Å². The lowest BCUT2D eigenvalue weighted by Crippen LogP contribution is -2.50. The maximum absolute atomic E-state index is 12.3. The van der Waals surface area contributed by atoms with Crippen molar-refractivity contribution in [1.29, 1.82) is 0 Å². The molecular weight excluding hydrogens is 202 g/mol. The standard InChI is InChI=1S/C12H17N3O/c1-15(2)11(16)12(6-3-7-14-12)10-4-8-13-9-5-10/h4-5,8-9,14H,3,6-7H2,1-2H3. The summed E-state index contributed by atoms with van der Waals surface area (Å²) in [6.45, 7) is 0.891. The Kier molecular flexibility index (Phi) is 2.92. The van der Waals surface area contributed by atoms with E-state index >= 15 is 0 Å². The number of pyridine rings is 1. The number of aromatic nitrogens is 1. The van der Waals surface area contributed by atoms with E-state index in [2.05, 4.69) is 10.3 Å². The van der Waals surface area contributed by atoms with E-state index in [9.17, 15) is 4.79 Å². The molecular formula is C12H17N3O. The SMILES string of the molecule is CN(C)C(=O)C1(c2ccncc2)CCCN1. The fourth-order valence-electron chi connectivity index (χ4n) is 2.31. The molecule has 0 spiro atoms. The van der Waals surface area contributed by atoms with E-state index in [1.54, 1.807) is 31.4 Å². The second-order valence-corrected chi connectivity index (χ2v) is 4.37. The second-order valence-electron chi connectivity index (χ2n) is 4.37. The Morgan fingerprint density at radius 3 is 2.62 bits per heavy atom. The number of nitrogens with zero attached hydrogens (tertiary/aromatic N) is 2. The van der Waals surface area contributed by atoms with Crippen molar-refractivity contribution in [3.63, 3.8) is 0 Å². The molecule has 0 bridgehead atoms. The van der Waals surface area contributed by atoms with E-state index in [0.29, 0.717) is 0 Å². The average Bonchev–Trinajstić information content (AvgIpc) is 2.79. The molecule has 1 N–H and O–H groups in total. The van der Waals surface area contributed by atoms with E-state index < -0.39 is 5.54 Å². The van der Waals surface area contributed by atoms with E-state index in [-0.39, 0.29) is 5.91 Å². The van der Waals surface area contributed by atoms with Crippen LogP contribution in [0, 0.1) is 0 Å². The van der Waals surface area contributed by atoms with Gasteiger partial charge in [0, 0.05) is 26.5 Å². The smallest absolute Gasteiger partial charge is 0.246 e. The van der Waals surface area contributed by atoms with Gasteiger partial charge in [-0.1, -0.05) is 0 Å². The lowest BCUT2D eigenvalue weighted by atomic mass is 9.87. The summed E-state index contributed by atoms with van der Waals surface area (Å²) in [5.74, 6) is 0.121. The summed E-state index contributed by atoms with van der Waals surface area (Å²) in [6.07, 6.45) is 5.36. The zero-order valence-corrected chi connectivity index (χ0v) is 9.73. The fraction of sp³-hybridized carbons (Fsp3) is 0.500. The van der Waals surface area contributed by atoms with Gasteiger partial charge in [-0.2, -0.15) is 0 Å². The number of hydrogen-bond acceptors (Lipinski definition) is 3. The highest BCUT2D eigenvalue weighted by Gasteiger charge is 2.43. The van der Waals surface area contributed by atoms with Crippen molar-refractivity contribution >= 4 is 5.91 Å². The molecule has 0 aliphatic carbocycles. The number of nitrogens with one attached hydrogen (secondary N) is 1. The lowest BCUT2D eigenvalue weighted by molar-refractivity contribution is -0.135. The molecule has 4 nitrogen and oxygen atoms in total. The van der Waals surface area contributed by atoms with Crippen molar-refractivity contribution in [3.05, 3.63) is 30.1 Å². The minimum atomic E-state index is -0.535. The van der Waals surface area contributed by atoms with Crippen molar-refractivity contribution in [2.45, 2.75) is 18.4 Å². The minimum Gasteiger partial charge on any atom is -0.347 e. The van der Waals surface area contributed by atoms with Crippen molar-refractivity contribution in [1.82, 2.24) is 15.2 Å². The molecule has 1 aliphatic rings. The Morgan fingerprint density at radius 2 is 2.12 bits per heavy atom. The maximum Gasteiger partial charge on any atom is 0.246 e. The molecule has 2 rings (SSSR count). The topological polar surface area (TPSA) is 45.2 Å². The number of hydrogen-bond donors (Lipinski definition) is 1. The maximum atomic E-state index is 12.3. The Labute approximate surface area is 95.7 Å². The third-order valence-electron chi connectivity index (χ3n) is 3.10. The van der Waals surface area contributed by atoms with E-state index in [4.69, 9.17) is 0 Å². The van der Waals surface area contributed by atoms with E-state index in [1.165, 1.54) is 0 Å². The summed E-state index contributed by atoms with van der Waals surface area (Å²) >= 11 is 0. The van der Waals surface area contributed by atoms with E-state index in [1.807, 2.05) is 12.1 Å². The van der Waals surface area contributed by atoms with Crippen LogP contribution in [0.3, 0.4) is 0 Å². The van der Waals surface area contributed by atoms with Crippen LogP contribution in [0.5, 0.6) is 0 Å². The van der Waals surface area contributed by atoms with Gasteiger partial charge >= 0.3 is 0 Å².